The maximum absolute atomic E-state index is 15.9. The SMILES string of the molecule is CN[C@H](CC(=O)O[C@H]1C[C@@]2(OF)[C@@H](OC(=O)c3ccccc3)C3N4CO[C@@H]4C[C@H](O)[C@@]3(C)C(=O)[C@H](O)C(=C1C)C2(C)C)c1ccccc1. The summed E-state index contributed by atoms with van der Waals surface area (Å²) in [5, 5.41) is 26.6. The number of rotatable bonds is 8. The second-order valence-electron chi connectivity index (χ2n) is 14.0. The highest BCUT2D eigenvalue weighted by Gasteiger charge is 2.73. The lowest BCUT2D eigenvalue weighted by Gasteiger charge is -2.65. The number of nitrogens with one attached hydrogen (secondary N) is 1. The van der Waals surface area contributed by atoms with Crippen LogP contribution < -0.4 is 5.32 Å². The van der Waals surface area contributed by atoms with Crippen LogP contribution in [0.5, 0.6) is 0 Å². The van der Waals surface area contributed by atoms with Crippen molar-refractivity contribution < 1.29 is 48.3 Å². The minimum atomic E-state index is -2.11. The van der Waals surface area contributed by atoms with Gasteiger partial charge in [-0.25, -0.2) is 9.69 Å². The van der Waals surface area contributed by atoms with E-state index in [2.05, 4.69) is 5.32 Å². The van der Waals surface area contributed by atoms with Crippen LogP contribution in [0.3, 0.4) is 0 Å². The average Bonchev–Trinajstić information content (AvgIpc) is 3.07. The molecule has 2 aliphatic carbocycles. The average molecular weight is 667 g/mol. The highest BCUT2D eigenvalue weighted by molar-refractivity contribution is 5.94. The minimum Gasteiger partial charge on any atom is -0.458 e. The first-order chi connectivity index (χ1) is 22.8. The van der Waals surface area contributed by atoms with Crippen molar-refractivity contribution in [2.45, 2.75) is 95.3 Å². The van der Waals surface area contributed by atoms with Crippen LogP contribution in [-0.4, -0.2) is 88.9 Å². The fraction of sp³-hybridized carbons (Fsp3) is 0.528. The zero-order valence-electron chi connectivity index (χ0n) is 27.7. The number of fused-ring (bicyclic) bond motifs is 5. The number of esters is 2. The summed E-state index contributed by atoms with van der Waals surface area (Å²) in [6, 6.07) is 15.9. The Morgan fingerprint density at radius 3 is 2.29 bits per heavy atom. The second-order valence-corrected chi connectivity index (χ2v) is 14.0. The molecule has 0 aromatic heterocycles. The zero-order valence-corrected chi connectivity index (χ0v) is 27.7. The van der Waals surface area contributed by atoms with Gasteiger partial charge in [0, 0.05) is 24.3 Å². The smallest absolute Gasteiger partial charge is 0.338 e. The number of hydrogen-bond acceptors (Lipinski definition) is 11. The van der Waals surface area contributed by atoms with Crippen molar-refractivity contribution in [2.75, 3.05) is 13.8 Å². The molecule has 0 radical (unpaired) electrons. The van der Waals surface area contributed by atoms with Crippen molar-refractivity contribution in [3.05, 3.63) is 82.9 Å². The van der Waals surface area contributed by atoms with E-state index < -0.39 is 70.8 Å². The van der Waals surface area contributed by atoms with E-state index >= 15 is 4.53 Å². The first-order valence-corrected chi connectivity index (χ1v) is 16.3. The third-order valence-corrected chi connectivity index (χ3v) is 11.4. The summed E-state index contributed by atoms with van der Waals surface area (Å²) in [7, 11) is 1.72. The number of ether oxygens (including phenoxy) is 3. The molecule has 258 valence electrons. The monoisotopic (exact) mass is 666 g/mol. The Kier molecular flexibility index (Phi) is 9.12. The molecular weight excluding hydrogens is 623 g/mol. The van der Waals surface area contributed by atoms with Crippen LogP contribution in [0, 0.1) is 10.8 Å². The van der Waals surface area contributed by atoms with E-state index in [0.717, 1.165) is 5.56 Å². The number of ketones is 1. The molecule has 2 aliphatic heterocycles. The van der Waals surface area contributed by atoms with Gasteiger partial charge in [-0.05, 0) is 54.3 Å². The van der Waals surface area contributed by atoms with Gasteiger partial charge in [-0.15, -0.1) is 0 Å². The molecule has 1 saturated carbocycles. The summed E-state index contributed by atoms with van der Waals surface area (Å²) in [5.41, 5.74) is -3.87. The quantitative estimate of drug-likeness (QED) is 0.281. The van der Waals surface area contributed by atoms with Crippen molar-refractivity contribution in [1.82, 2.24) is 10.2 Å². The van der Waals surface area contributed by atoms with Crippen molar-refractivity contribution >= 4 is 17.7 Å². The number of aliphatic hydroxyl groups is 2. The molecule has 11 nitrogen and oxygen atoms in total. The third kappa shape index (κ3) is 5.21. The first-order valence-electron chi connectivity index (χ1n) is 16.3. The Hall–Kier alpha value is -3.52. The molecule has 2 bridgehead atoms. The lowest BCUT2D eigenvalue weighted by molar-refractivity contribution is -0.357. The van der Waals surface area contributed by atoms with Crippen LogP contribution in [0.15, 0.2) is 71.8 Å². The van der Waals surface area contributed by atoms with Gasteiger partial charge in [-0.3, -0.25) is 9.59 Å². The fourth-order valence-corrected chi connectivity index (χ4v) is 8.46. The van der Waals surface area contributed by atoms with Crippen LogP contribution in [0.1, 0.15) is 68.9 Å². The summed E-state index contributed by atoms with van der Waals surface area (Å²) in [4.78, 5) is 48.7. The Labute approximate surface area is 278 Å². The number of piperidine rings is 1. The molecule has 0 amide bonds. The number of Topliss-reactive ketones (excluding diaryl/α,β-unsaturated/α-hetero) is 1. The summed E-state index contributed by atoms with van der Waals surface area (Å²) in [6.45, 7) is 6.36. The predicted molar refractivity (Wildman–Crippen MR) is 170 cm³/mol. The van der Waals surface area contributed by atoms with Gasteiger partial charge in [-0.2, -0.15) is 4.94 Å². The Morgan fingerprint density at radius 2 is 1.71 bits per heavy atom. The number of aliphatic hydroxyl groups excluding tert-OH is 2. The van der Waals surface area contributed by atoms with Gasteiger partial charge in [0.25, 0.3) is 0 Å². The second kappa shape index (κ2) is 12.7. The summed E-state index contributed by atoms with van der Waals surface area (Å²) >= 11 is 0. The lowest BCUT2D eigenvalue weighted by atomic mass is 9.50. The van der Waals surface area contributed by atoms with Crippen molar-refractivity contribution in [3.8, 4) is 0 Å². The van der Waals surface area contributed by atoms with E-state index in [9.17, 15) is 24.6 Å². The summed E-state index contributed by atoms with van der Waals surface area (Å²) in [6.07, 6.45) is -6.86. The van der Waals surface area contributed by atoms with Crippen molar-refractivity contribution in [3.63, 3.8) is 0 Å². The molecular formula is C36H43FN2O9. The topological polar surface area (TPSA) is 144 Å². The Bertz CT molecular complexity index is 1590. The van der Waals surface area contributed by atoms with Crippen molar-refractivity contribution in [2.24, 2.45) is 10.8 Å². The van der Waals surface area contributed by atoms with E-state index in [4.69, 9.17) is 19.2 Å². The van der Waals surface area contributed by atoms with Crippen LogP contribution >= 0.6 is 0 Å². The van der Waals surface area contributed by atoms with Crippen LogP contribution in [0.25, 0.3) is 0 Å². The minimum absolute atomic E-state index is 0.00817. The number of nitrogens with zero attached hydrogens (tertiary/aromatic N) is 1. The molecule has 2 saturated heterocycles. The highest BCUT2D eigenvalue weighted by Crippen LogP contribution is 2.60. The first kappa shape index (κ1) is 34.3. The third-order valence-electron chi connectivity index (χ3n) is 11.4. The molecule has 48 heavy (non-hydrogen) atoms. The van der Waals surface area contributed by atoms with Gasteiger partial charge in [0.05, 0.1) is 29.5 Å². The van der Waals surface area contributed by atoms with Gasteiger partial charge in [0.2, 0.25) is 0 Å². The maximum Gasteiger partial charge on any atom is 0.338 e. The largest absolute Gasteiger partial charge is 0.458 e. The fourth-order valence-electron chi connectivity index (χ4n) is 8.46. The van der Waals surface area contributed by atoms with Crippen LogP contribution in [-0.2, 0) is 28.7 Å². The van der Waals surface area contributed by atoms with E-state index in [1.807, 2.05) is 30.3 Å². The maximum atomic E-state index is 15.9. The van der Waals surface area contributed by atoms with Crippen LogP contribution in [0.4, 0.5) is 4.53 Å². The van der Waals surface area contributed by atoms with Gasteiger partial charge in [-0.1, -0.05) is 62.4 Å². The summed E-state index contributed by atoms with van der Waals surface area (Å²) in [5.74, 6) is -2.14. The Morgan fingerprint density at radius 1 is 1.06 bits per heavy atom. The van der Waals surface area contributed by atoms with Gasteiger partial charge in [0.15, 0.2) is 17.5 Å². The lowest BCUT2D eigenvalue weighted by Crippen LogP contribution is -2.80. The molecule has 3 fully saturated rings. The zero-order chi connectivity index (χ0) is 34.6. The van der Waals surface area contributed by atoms with E-state index in [1.54, 1.807) is 63.1 Å². The number of hydrogen-bond donors (Lipinski definition) is 3. The number of benzene rings is 2. The molecule has 4 aliphatic rings. The van der Waals surface area contributed by atoms with Crippen LogP contribution in [0.2, 0.25) is 0 Å². The molecule has 2 heterocycles. The van der Waals surface area contributed by atoms with Gasteiger partial charge < -0.3 is 29.7 Å². The highest BCUT2D eigenvalue weighted by atomic mass is 19.3. The normalized spacial score (nSPS) is 34.9. The standard InChI is InChI=1S/C36H43FN2O9/c1-20-24(46-27(41)16-23(38-5)21-12-8-6-9-13-21)18-36(48-37)32(47-33(44)22-14-10-7-11-15-22)30-35(4,25(40)17-26-39(30)19-45-26)31(43)29(42)28(20)34(36,2)3/h6-15,23-26,29-30,32,38,40,42H,16-19H2,1-5H3/t23-,24+,25+,26-,29-,30?,32+,35-,36-/m1/s1. The van der Waals surface area contributed by atoms with Gasteiger partial charge >= 0.3 is 11.9 Å². The van der Waals surface area contributed by atoms with Crippen molar-refractivity contribution in [1.29, 1.82) is 0 Å². The molecule has 3 N–H and O–H groups in total. The summed E-state index contributed by atoms with van der Waals surface area (Å²) < 4.78 is 33.9. The predicted octanol–water partition coefficient (Wildman–Crippen LogP) is 3.56. The number of carbonyl (C=O) groups is 3. The molecule has 0 spiro atoms. The van der Waals surface area contributed by atoms with E-state index in [1.165, 1.54) is 6.92 Å². The molecule has 9 atom stereocenters. The Balaban J connectivity index is 1.48. The van der Waals surface area contributed by atoms with E-state index in [0.29, 0.717) is 5.57 Å². The van der Waals surface area contributed by atoms with E-state index in [-0.39, 0.29) is 43.2 Å². The molecule has 2 aromatic rings. The number of carbonyl (C=O) groups excluding carboxylic acids is 3. The molecule has 6 rings (SSSR count). The molecule has 1 unspecified atom stereocenters. The van der Waals surface area contributed by atoms with Gasteiger partial charge in [0.1, 0.15) is 25.2 Å². The molecule has 2 aromatic carbocycles. The number of halogens is 1. The molecule has 12 heteroatoms.